The number of nitrogens with one attached hydrogen (secondary N) is 1. The highest BCUT2D eigenvalue weighted by Gasteiger charge is 2.21. The highest BCUT2D eigenvalue weighted by Crippen LogP contribution is 2.39. The van der Waals surface area contributed by atoms with Gasteiger partial charge in [0.15, 0.2) is 11.0 Å². The summed E-state index contributed by atoms with van der Waals surface area (Å²) in [5.74, 6) is 0.768. The number of allylic oxidation sites excluding steroid dienone is 1. The highest BCUT2D eigenvalue weighted by molar-refractivity contribution is 9.10. The Morgan fingerprint density at radius 1 is 1.24 bits per heavy atom. The van der Waals surface area contributed by atoms with Crippen LogP contribution in [0.1, 0.15) is 10.4 Å². The summed E-state index contributed by atoms with van der Waals surface area (Å²) in [5.41, 5.74) is 5.11. The van der Waals surface area contributed by atoms with Crippen molar-refractivity contribution in [3.63, 3.8) is 0 Å². The maximum Gasteiger partial charge on any atom is 0.234 e. The van der Waals surface area contributed by atoms with Crippen molar-refractivity contribution in [2.75, 3.05) is 11.1 Å². The molecule has 0 bridgehead atoms. The third-order valence-electron chi connectivity index (χ3n) is 5.12. The molecule has 4 rings (SSSR count). The highest BCUT2D eigenvalue weighted by atomic mass is 79.9. The summed E-state index contributed by atoms with van der Waals surface area (Å²) < 4.78 is 2.85. The second kappa shape index (κ2) is 10.9. The van der Waals surface area contributed by atoms with Crippen LogP contribution in [0.15, 0.2) is 70.1 Å². The monoisotopic (exact) mass is 572 g/mol. The molecule has 2 aromatic heterocycles. The van der Waals surface area contributed by atoms with Crippen LogP contribution < -0.4 is 5.32 Å². The number of aromatic nitrogens is 3. The zero-order valence-corrected chi connectivity index (χ0v) is 22.6. The molecule has 0 saturated carbocycles. The van der Waals surface area contributed by atoms with Gasteiger partial charge in [0, 0.05) is 32.4 Å². The van der Waals surface area contributed by atoms with Crippen molar-refractivity contribution < 1.29 is 4.79 Å². The number of carbonyl (C=O) groups is 1. The maximum absolute atomic E-state index is 12.6. The van der Waals surface area contributed by atoms with E-state index in [2.05, 4.69) is 81.5 Å². The van der Waals surface area contributed by atoms with Crippen LogP contribution in [0.3, 0.4) is 0 Å². The average molecular weight is 574 g/mol. The first-order valence-corrected chi connectivity index (χ1v) is 13.5. The van der Waals surface area contributed by atoms with Gasteiger partial charge in [0.25, 0.3) is 0 Å². The predicted molar refractivity (Wildman–Crippen MR) is 147 cm³/mol. The molecule has 1 N–H and O–H groups in total. The first-order valence-electron chi connectivity index (χ1n) is 10.4. The lowest BCUT2D eigenvalue weighted by Gasteiger charge is -2.10. The topological polar surface area (TPSA) is 59.8 Å². The molecule has 0 radical (unpaired) electrons. The Balaban J connectivity index is 1.58. The van der Waals surface area contributed by atoms with Gasteiger partial charge < -0.3 is 5.32 Å². The van der Waals surface area contributed by atoms with Gasteiger partial charge in [-0.2, -0.15) is 0 Å². The Hall–Kier alpha value is -2.39. The number of benzene rings is 2. The Kier molecular flexibility index (Phi) is 7.93. The molecule has 174 valence electrons. The minimum Gasteiger partial charge on any atom is -0.324 e. The summed E-state index contributed by atoms with van der Waals surface area (Å²) in [6.45, 7) is 8.62. The molecule has 2 aromatic carbocycles. The normalized spacial score (nSPS) is 10.9. The van der Waals surface area contributed by atoms with Crippen molar-refractivity contribution in [2.45, 2.75) is 25.5 Å². The quantitative estimate of drug-likeness (QED) is 0.174. The van der Waals surface area contributed by atoms with Crippen molar-refractivity contribution in [2.24, 2.45) is 0 Å². The molecule has 0 fully saturated rings. The minimum atomic E-state index is -0.171. The lowest BCUT2D eigenvalue weighted by atomic mass is 10.0. The molecule has 0 atom stereocenters. The Morgan fingerprint density at radius 2 is 2.00 bits per heavy atom. The van der Waals surface area contributed by atoms with Gasteiger partial charge in [0.1, 0.15) is 0 Å². The first-order chi connectivity index (χ1) is 16.4. The SMILES string of the molecule is C=CCn1c(SCC(=O)Nc2ccc(Br)cc2Cl)nnc1-c1csc(C)c1-c1ccc(C)cc1. The molecular formula is C25H22BrClN4OS2. The number of anilines is 1. The minimum absolute atomic E-state index is 0.171. The summed E-state index contributed by atoms with van der Waals surface area (Å²) in [6, 6.07) is 13.8. The number of thiophene rings is 1. The smallest absolute Gasteiger partial charge is 0.234 e. The standard InChI is InChI=1S/C25H22BrClN4OS2/c1-4-11-31-24(19-13-33-16(3)23(19)17-7-5-15(2)6-8-17)29-30-25(31)34-14-22(32)28-21-10-9-18(26)12-20(21)27/h4-10,12-13H,1,11,14H2,2-3H3,(H,28,32). The third kappa shape index (κ3) is 5.46. The Bertz CT molecular complexity index is 1350. The number of nitrogens with zero attached hydrogens (tertiary/aromatic N) is 3. The van der Waals surface area contributed by atoms with Crippen LogP contribution in [0.25, 0.3) is 22.5 Å². The molecule has 5 nitrogen and oxygen atoms in total. The van der Waals surface area contributed by atoms with Crippen LogP contribution in [0.5, 0.6) is 0 Å². The van der Waals surface area contributed by atoms with Crippen LogP contribution in [0.2, 0.25) is 5.02 Å². The van der Waals surface area contributed by atoms with Gasteiger partial charge in [-0.3, -0.25) is 9.36 Å². The van der Waals surface area contributed by atoms with Crippen LogP contribution in [-0.4, -0.2) is 26.4 Å². The number of thioether (sulfide) groups is 1. The molecule has 0 aliphatic heterocycles. The Morgan fingerprint density at radius 3 is 2.71 bits per heavy atom. The molecule has 9 heteroatoms. The number of carbonyl (C=O) groups excluding carboxylic acids is 1. The molecule has 0 aliphatic carbocycles. The zero-order chi connectivity index (χ0) is 24.2. The van der Waals surface area contributed by atoms with E-state index < -0.39 is 0 Å². The fourth-order valence-electron chi connectivity index (χ4n) is 3.49. The molecule has 2 heterocycles. The van der Waals surface area contributed by atoms with Gasteiger partial charge in [-0.05, 0) is 37.6 Å². The third-order valence-corrected chi connectivity index (χ3v) is 7.81. The Labute approximate surface area is 220 Å². The summed E-state index contributed by atoms with van der Waals surface area (Å²) in [6.07, 6.45) is 1.81. The number of hydrogen-bond donors (Lipinski definition) is 1. The number of hydrogen-bond acceptors (Lipinski definition) is 5. The lowest BCUT2D eigenvalue weighted by Crippen LogP contribution is -2.15. The summed E-state index contributed by atoms with van der Waals surface area (Å²) in [7, 11) is 0. The summed E-state index contributed by atoms with van der Waals surface area (Å²) in [5, 5.41) is 15.0. The van der Waals surface area contributed by atoms with Crippen LogP contribution in [-0.2, 0) is 11.3 Å². The summed E-state index contributed by atoms with van der Waals surface area (Å²) >= 11 is 12.6. The van der Waals surface area contributed by atoms with Crippen molar-refractivity contribution in [1.29, 1.82) is 0 Å². The fraction of sp³-hybridized carbons (Fsp3) is 0.160. The van der Waals surface area contributed by atoms with Gasteiger partial charge in [-0.25, -0.2) is 0 Å². The van der Waals surface area contributed by atoms with E-state index in [1.165, 1.54) is 22.2 Å². The molecule has 4 aromatic rings. The van der Waals surface area contributed by atoms with E-state index in [0.29, 0.717) is 22.4 Å². The first kappa shape index (κ1) is 24.7. The van der Waals surface area contributed by atoms with E-state index in [-0.39, 0.29) is 11.7 Å². The molecule has 0 unspecified atom stereocenters. The van der Waals surface area contributed by atoms with E-state index in [1.807, 2.05) is 16.7 Å². The molecule has 0 spiro atoms. The molecule has 0 aliphatic rings. The van der Waals surface area contributed by atoms with E-state index in [9.17, 15) is 4.79 Å². The predicted octanol–water partition coefficient (Wildman–Crippen LogP) is 7.62. The van der Waals surface area contributed by atoms with Crippen molar-refractivity contribution in [3.05, 3.63) is 80.4 Å². The fourth-order valence-corrected chi connectivity index (χ4v) is 5.83. The number of amides is 1. The van der Waals surface area contributed by atoms with Gasteiger partial charge >= 0.3 is 0 Å². The molecule has 34 heavy (non-hydrogen) atoms. The zero-order valence-electron chi connectivity index (χ0n) is 18.6. The molecular weight excluding hydrogens is 552 g/mol. The van der Waals surface area contributed by atoms with Gasteiger partial charge in [0.05, 0.1) is 16.5 Å². The van der Waals surface area contributed by atoms with E-state index in [4.69, 9.17) is 11.6 Å². The molecule has 1 amide bonds. The number of aryl methyl sites for hydroxylation is 2. The summed E-state index contributed by atoms with van der Waals surface area (Å²) in [4.78, 5) is 13.8. The second-order valence-corrected chi connectivity index (χ2v) is 11.0. The van der Waals surface area contributed by atoms with Gasteiger partial charge in [0.2, 0.25) is 5.91 Å². The number of rotatable bonds is 8. The van der Waals surface area contributed by atoms with Crippen molar-refractivity contribution >= 4 is 62.2 Å². The van der Waals surface area contributed by atoms with E-state index >= 15 is 0 Å². The average Bonchev–Trinajstić information content (AvgIpc) is 3.38. The number of halogens is 2. The van der Waals surface area contributed by atoms with Crippen LogP contribution in [0.4, 0.5) is 5.69 Å². The van der Waals surface area contributed by atoms with Crippen molar-refractivity contribution in [3.8, 4) is 22.5 Å². The van der Waals surface area contributed by atoms with E-state index in [1.54, 1.807) is 23.5 Å². The second-order valence-electron chi connectivity index (χ2n) is 7.61. The largest absolute Gasteiger partial charge is 0.324 e. The van der Waals surface area contributed by atoms with Gasteiger partial charge in [-0.1, -0.05) is 75.2 Å². The van der Waals surface area contributed by atoms with Crippen LogP contribution >= 0.6 is 50.6 Å². The van der Waals surface area contributed by atoms with Crippen LogP contribution in [0, 0.1) is 13.8 Å². The van der Waals surface area contributed by atoms with Gasteiger partial charge in [-0.15, -0.1) is 28.1 Å². The van der Waals surface area contributed by atoms with Crippen molar-refractivity contribution in [1.82, 2.24) is 14.8 Å². The van der Waals surface area contributed by atoms with E-state index in [0.717, 1.165) is 27.0 Å². The lowest BCUT2D eigenvalue weighted by molar-refractivity contribution is -0.113. The maximum atomic E-state index is 12.6. The molecule has 0 saturated heterocycles.